The van der Waals surface area contributed by atoms with Gasteiger partial charge in [0.25, 0.3) is 5.91 Å². The van der Waals surface area contributed by atoms with Gasteiger partial charge >= 0.3 is 0 Å². The maximum atomic E-state index is 13.5. The summed E-state index contributed by atoms with van der Waals surface area (Å²) in [5.41, 5.74) is -0.290. The normalized spacial score (nSPS) is 10.0. The quantitative estimate of drug-likeness (QED) is 0.390. The van der Waals surface area contributed by atoms with Crippen LogP contribution in [-0.2, 0) is 0 Å². The number of carbonyl (C=O) groups excluding carboxylic acids is 1. The van der Waals surface area contributed by atoms with E-state index in [1.165, 1.54) is 18.2 Å². The first kappa shape index (κ1) is 14.6. The molecule has 0 atom stereocenters. The molecule has 0 unspecified atom stereocenters. The minimum absolute atomic E-state index is 0.208. The van der Waals surface area contributed by atoms with Crippen LogP contribution in [0.15, 0.2) is 30.3 Å². The van der Waals surface area contributed by atoms with Crippen LogP contribution in [0.5, 0.6) is 0 Å². The van der Waals surface area contributed by atoms with Crippen LogP contribution in [-0.4, -0.2) is 5.91 Å². The minimum Gasteiger partial charge on any atom is -0.322 e. The fourth-order valence-corrected chi connectivity index (χ4v) is 1.62. The molecule has 21 heavy (non-hydrogen) atoms. The first-order valence-corrected chi connectivity index (χ1v) is 5.65. The molecule has 0 aliphatic carbocycles. The van der Waals surface area contributed by atoms with E-state index in [0.29, 0.717) is 5.56 Å². The highest BCUT2D eigenvalue weighted by molar-refractivity contribution is 6.04. The third-order valence-corrected chi connectivity index (χ3v) is 2.63. The lowest BCUT2D eigenvalue weighted by atomic mass is 10.1. The second-order valence-corrected chi connectivity index (χ2v) is 4.03. The standard InChI is InChI=1S/C15H7F4NO/c1-2-8-4-3-5-9(6-8)20-15(21)10-7-11(16)13(18)14(19)12(10)17/h1,3-7H,(H,20,21). The molecule has 0 spiro atoms. The van der Waals surface area contributed by atoms with Crippen molar-refractivity contribution in [2.75, 3.05) is 5.32 Å². The van der Waals surface area contributed by atoms with Gasteiger partial charge in [-0.05, 0) is 24.3 Å². The number of rotatable bonds is 2. The van der Waals surface area contributed by atoms with Crippen molar-refractivity contribution in [1.29, 1.82) is 0 Å². The predicted molar refractivity (Wildman–Crippen MR) is 68.6 cm³/mol. The second-order valence-electron chi connectivity index (χ2n) is 4.03. The lowest BCUT2D eigenvalue weighted by Crippen LogP contribution is -2.16. The largest absolute Gasteiger partial charge is 0.322 e. The monoisotopic (exact) mass is 293 g/mol. The molecule has 0 heterocycles. The number of benzene rings is 2. The number of carbonyl (C=O) groups is 1. The van der Waals surface area contributed by atoms with Gasteiger partial charge in [-0.25, -0.2) is 17.6 Å². The van der Waals surface area contributed by atoms with Crippen molar-refractivity contribution < 1.29 is 22.4 Å². The summed E-state index contributed by atoms with van der Waals surface area (Å²) in [6, 6.07) is 6.27. The van der Waals surface area contributed by atoms with Crippen LogP contribution < -0.4 is 5.32 Å². The molecule has 0 aliphatic heterocycles. The van der Waals surface area contributed by atoms with Gasteiger partial charge in [0.2, 0.25) is 0 Å². The SMILES string of the molecule is C#Cc1cccc(NC(=O)c2cc(F)c(F)c(F)c2F)c1. The summed E-state index contributed by atoms with van der Waals surface area (Å²) in [5, 5.41) is 2.22. The second kappa shape index (κ2) is 5.67. The number of anilines is 1. The molecule has 0 saturated heterocycles. The Morgan fingerprint density at radius 1 is 1.05 bits per heavy atom. The molecule has 0 fully saturated rings. The molecule has 6 heteroatoms. The van der Waals surface area contributed by atoms with Crippen molar-refractivity contribution in [1.82, 2.24) is 0 Å². The van der Waals surface area contributed by atoms with Crippen molar-refractivity contribution in [3.05, 3.63) is 64.7 Å². The summed E-state index contributed by atoms with van der Waals surface area (Å²) < 4.78 is 52.4. The van der Waals surface area contributed by atoms with Gasteiger partial charge in [0.1, 0.15) is 0 Å². The van der Waals surface area contributed by atoms with E-state index in [2.05, 4.69) is 11.2 Å². The summed E-state index contributed by atoms with van der Waals surface area (Å²) in [7, 11) is 0. The van der Waals surface area contributed by atoms with Crippen LogP contribution in [0.4, 0.5) is 23.2 Å². The zero-order valence-electron chi connectivity index (χ0n) is 10.4. The smallest absolute Gasteiger partial charge is 0.258 e. The van der Waals surface area contributed by atoms with Gasteiger partial charge in [-0.3, -0.25) is 4.79 Å². The molecular formula is C15H7F4NO. The van der Waals surface area contributed by atoms with Crippen molar-refractivity contribution in [2.45, 2.75) is 0 Å². The van der Waals surface area contributed by atoms with E-state index in [1.807, 2.05) is 0 Å². The first-order chi connectivity index (χ1) is 9.93. The number of nitrogens with one attached hydrogen (secondary N) is 1. The van der Waals surface area contributed by atoms with Crippen molar-refractivity contribution in [3.8, 4) is 12.3 Å². The van der Waals surface area contributed by atoms with E-state index >= 15 is 0 Å². The molecule has 2 nitrogen and oxygen atoms in total. The van der Waals surface area contributed by atoms with E-state index in [9.17, 15) is 22.4 Å². The van der Waals surface area contributed by atoms with Gasteiger partial charge in [-0.1, -0.05) is 12.0 Å². The Balaban J connectivity index is 2.35. The molecule has 1 N–H and O–H groups in total. The number of hydrogen-bond acceptors (Lipinski definition) is 1. The molecular weight excluding hydrogens is 286 g/mol. The van der Waals surface area contributed by atoms with Gasteiger partial charge < -0.3 is 5.32 Å². The van der Waals surface area contributed by atoms with Crippen LogP contribution in [0.2, 0.25) is 0 Å². The Labute approximate surface area is 117 Å². The maximum absolute atomic E-state index is 13.5. The van der Waals surface area contributed by atoms with E-state index in [1.54, 1.807) is 6.07 Å². The van der Waals surface area contributed by atoms with Gasteiger partial charge in [-0.15, -0.1) is 6.42 Å². The molecule has 0 saturated carbocycles. The summed E-state index contributed by atoms with van der Waals surface area (Å²) in [4.78, 5) is 11.8. The Morgan fingerprint density at radius 3 is 2.43 bits per heavy atom. The number of terminal acetylenes is 1. The van der Waals surface area contributed by atoms with Crippen LogP contribution >= 0.6 is 0 Å². The summed E-state index contributed by atoms with van der Waals surface area (Å²) in [6.45, 7) is 0. The van der Waals surface area contributed by atoms with Gasteiger partial charge in [0, 0.05) is 11.3 Å². The van der Waals surface area contributed by atoms with Gasteiger partial charge in [-0.2, -0.15) is 0 Å². The van der Waals surface area contributed by atoms with Gasteiger partial charge in [0.15, 0.2) is 23.3 Å². The Kier molecular flexibility index (Phi) is 3.94. The fourth-order valence-electron chi connectivity index (χ4n) is 1.62. The topological polar surface area (TPSA) is 29.1 Å². The predicted octanol–water partition coefficient (Wildman–Crippen LogP) is 3.48. The van der Waals surface area contributed by atoms with Crippen molar-refractivity contribution in [3.63, 3.8) is 0 Å². The van der Waals surface area contributed by atoms with Crippen LogP contribution in [0, 0.1) is 35.6 Å². The van der Waals surface area contributed by atoms with Crippen LogP contribution in [0.25, 0.3) is 0 Å². The molecule has 0 bridgehead atoms. The lowest BCUT2D eigenvalue weighted by Gasteiger charge is -2.08. The van der Waals surface area contributed by atoms with Crippen molar-refractivity contribution >= 4 is 11.6 Å². The molecule has 2 rings (SSSR count). The zero-order valence-corrected chi connectivity index (χ0v) is 10.4. The number of hydrogen-bond donors (Lipinski definition) is 1. The Hall–Kier alpha value is -2.81. The van der Waals surface area contributed by atoms with E-state index in [-0.39, 0.29) is 11.8 Å². The van der Waals surface area contributed by atoms with Gasteiger partial charge in [0.05, 0.1) is 5.56 Å². The third kappa shape index (κ3) is 2.87. The zero-order chi connectivity index (χ0) is 15.6. The molecule has 2 aromatic carbocycles. The average molecular weight is 293 g/mol. The number of halogens is 4. The molecule has 2 aromatic rings. The molecule has 0 aromatic heterocycles. The molecule has 0 radical (unpaired) electrons. The average Bonchev–Trinajstić information content (AvgIpc) is 2.48. The van der Waals surface area contributed by atoms with Crippen LogP contribution in [0.1, 0.15) is 15.9 Å². The fraction of sp³-hybridized carbons (Fsp3) is 0. The summed E-state index contributed by atoms with van der Waals surface area (Å²) in [6.07, 6.45) is 5.18. The van der Waals surface area contributed by atoms with Crippen LogP contribution in [0.3, 0.4) is 0 Å². The Morgan fingerprint density at radius 2 is 1.76 bits per heavy atom. The highest BCUT2D eigenvalue weighted by Gasteiger charge is 2.23. The lowest BCUT2D eigenvalue weighted by molar-refractivity contribution is 0.102. The Bertz CT molecular complexity index is 765. The van der Waals surface area contributed by atoms with E-state index < -0.39 is 34.7 Å². The molecule has 1 amide bonds. The summed E-state index contributed by atoms with van der Waals surface area (Å²) >= 11 is 0. The minimum atomic E-state index is -2.04. The van der Waals surface area contributed by atoms with E-state index in [4.69, 9.17) is 6.42 Å². The first-order valence-electron chi connectivity index (χ1n) is 5.65. The van der Waals surface area contributed by atoms with Crippen molar-refractivity contribution in [2.24, 2.45) is 0 Å². The maximum Gasteiger partial charge on any atom is 0.258 e. The number of amides is 1. The third-order valence-electron chi connectivity index (χ3n) is 2.63. The highest BCUT2D eigenvalue weighted by Crippen LogP contribution is 2.20. The highest BCUT2D eigenvalue weighted by atomic mass is 19.2. The molecule has 0 aliphatic rings. The molecule has 106 valence electrons. The summed E-state index contributed by atoms with van der Waals surface area (Å²) in [5.74, 6) is -6.24. The van der Waals surface area contributed by atoms with E-state index in [0.717, 1.165) is 0 Å².